The SMILES string of the molecule is CC(=O)Nc1nc2ccc(-c3nn(Cc4cc(N5CCCC5)nc5ccccc45)c4ncnc(N)c34)cc2s1. The van der Waals surface area contributed by atoms with Crippen LogP contribution in [0.3, 0.4) is 0 Å². The summed E-state index contributed by atoms with van der Waals surface area (Å²) in [5.74, 6) is 1.22. The molecule has 1 amide bonds. The van der Waals surface area contributed by atoms with Crippen molar-refractivity contribution in [1.29, 1.82) is 0 Å². The number of carbonyl (C=O) groups excluding carboxylic acids is 1. The Bertz CT molecular complexity index is 1890. The van der Waals surface area contributed by atoms with Gasteiger partial charge in [0, 0.05) is 31.0 Å². The van der Waals surface area contributed by atoms with Crippen LogP contribution in [-0.4, -0.2) is 48.7 Å². The second-order valence-electron chi connectivity index (χ2n) is 9.70. The van der Waals surface area contributed by atoms with Gasteiger partial charge in [0.15, 0.2) is 10.8 Å². The first-order valence-electron chi connectivity index (χ1n) is 12.8. The maximum Gasteiger partial charge on any atom is 0.223 e. The Kier molecular flexibility index (Phi) is 5.58. The number of thiazole rings is 1. The fourth-order valence-electron chi connectivity index (χ4n) is 5.25. The fourth-order valence-corrected chi connectivity index (χ4v) is 6.20. The molecule has 3 N–H and O–H groups in total. The fraction of sp³-hybridized carbons (Fsp3) is 0.214. The number of nitrogens with two attached hydrogens (primary N) is 1. The van der Waals surface area contributed by atoms with Crippen LogP contribution in [0, 0.1) is 0 Å². The number of nitrogens with one attached hydrogen (secondary N) is 1. The van der Waals surface area contributed by atoms with Gasteiger partial charge in [-0.1, -0.05) is 35.6 Å². The lowest BCUT2D eigenvalue weighted by molar-refractivity contribution is -0.114. The van der Waals surface area contributed by atoms with Gasteiger partial charge < -0.3 is 16.0 Å². The summed E-state index contributed by atoms with van der Waals surface area (Å²) in [6.07, 6.45) is 3.85. The lowest BCUT2D eigenvalue weighted by Crippen LogP contribution is -2.19. The minimum Gasteiger partial charge on any atom is -0.383 e. The second-order valence-corrected chi connectivity index (χ2v) is 10.7. The van der Waals surface area contributed by atoms with E-state index in [1.54, 1.807) is 0 Å². The zero-order chi connectivity index (χ0) is 26.5. The number of carbonyl (C=O) groups is 1. The third kappa shape index (κ3) is 4.20. The van der Waals surface area contributed by atoms with Gasteiger partial charge in [-0.25, -0.2) is 24.6 Å². The molecule has 0 saturated carbocycles. The molecule has 1 fully saturated rings. The summed E-state index contributed by atoms with van der Waals surface area (Å²) in [7, 11) is 0. The van der Waals surface area contributed by atoms with Crippen LogP contribution in [0.2, 0.25) is 0 Å². The Morgan fingerprint density at radius 1 is 1.05 bits per heavy atom. The molecule has 5 heterocycles. The van der Waals surface area contributed by atoms with Crippen molar-refractivity contribution in [3.05, 3.63) is 60.4 Å². The molecule has 1 saturated heterocycles. The van der Waals surface area contributed by atoms with Crippen molar-refractivity contribution in [3.8, 4) is 11.3 Å². The van der Waals surface area contributed by atoms with Crippen LogP contribution in [-0.2, 0) is 11.3 Å². The third-order valence-electron chi connectivity index (χ3n) is 7.04. The molecule has 39 heavy (non-hydrogen) atoms. The minimum atomic E-state index is -0.152. The molecule has 1 aliphatic rings. The summed E-state index contributed by atoms with van der Waals surface area (Å²) in [4.78, 5) is 32.2. The maximum atomic E-state index is 11.5. The van der Waals surface area contributed by atoms with Crippen LogP contribution < -0.4 is 16.0 Å². The number of anilines is 3. The number of nitrogens with zero attached hydrogens (tertiary/aromatic N) is 7. The van der Waals surface area contributed by atoms with Gasteiger partial charge in [0.2, 0.25) is 5.91 Å². The largest absolute Gasteiger partial charge is 0.383 e. The van der Waals surface area contributed by atoms with Crippen molar-refractivity contribution in [2.24, 2.45) is 0 Å². The zero-order valence-electron chi connectivity index (χ0n) is 21.3. The van der Waals surface area contributed by atoms with Crippen molar-refractivity contribution in [2.45, 2.75) is 26.3 Å². The number of hydrogen-bond donors (Lipinski definition) is 2. The Morgan fingerprint density at radius 3 is 2.74 bits per heavy atom. The van der Waals surface area contributed by atoms with Gasteiger partial charge in [-0.3, -0.25) is 4.79 Å². The monoisotopic (exact) mass is 535 g/mol. The van der Waals surface area contributed by atoms with Crippen LogP contribution in [0.4, 0.5) is 16.8 Å². The Morgan fingerprint density at radius 2 is 1.90 bits per heavy atom. The van der Waals surface area contributed by atoms with E-state index in [0.717, 1.165) is 51.2 Å². The van der Waals surface area contributed by atoms with Crippen LogP contribution in [0.5, 0.6) is 0 Å². The Labute approximate surface area is 227 Å². The second kappa shape index (κ2) is 9.28. The molecule has 2 aromatic carbocycles. The average molecular weight is 536 g/mol. The minimum absolute atomic E-state index is 0.152. The first-order valence-corrected chi connectivity index (χ1v) is 13.6. The number of nitrogen functional groups attached to an aromatic ring is 1. The van der Waals surface area contributed by atoms with E-state index in [4.69, 9.17) is 15.8 Å². The van der Waals surface area contributed by atoms with Crippen molar-refractivity contribution in [2.75, 3.05) is 29.0 Å². The summed E-state index contributed by atoms with van der Waals surface area (Å²) in [6.45, 7) is 4.02. The summed E-state index contributed by atoms with van der Waals surface area (Å²) < 4.78 is 2.84. The standard InChI is InChI=1S/C28H25N9OS/c1-16(38)32-28-34-21-9-8-17(12-22(21)39-28)25-24-26(29)30-15-31-27(24)37(35-25)14-18-13-23(36-10-4-5-11-36)33-20-7-3-2-6-19(18)20/h2-3,6-9,12-13,15H,4-5,10-11,14H2,1H3,(H2,29,30,31)(H,32,34,38). The van der Waals surface area contributed by atoms with Crippen LogP contribution in [0.25, 0.3) is 43.4 Å². The van der Waals surface area contributed by atoms with Crippen molar-refractivity contribution in [3.63, 3.8) is 0 Å². The van der Waals surface area contributed by atoms with E-state index >= 15 is 0 Å². The van der Waals surface area contributed by atoms with E-state index in [-0.39, 0.29) is 5.91 Å². The predicted octanol–water partition coefficient (Wildman–Crippen LogP) is 4.84. The van der Waals surface area contributed by atoms with Gasteiger partial charge >= 0.3 is 0 Å². The lowest BCUT2D eigenvalue weighted by atomic mass is 10.1. The van der Waals surface area contributed by atoms with Crippen molar-refractivity contribution in [1.82, 2.24) is 29.7 Å². The molecule has 194 valence electrons. The quantitative estimate of drug-likeness (QED) is 0.321. The first kappa shape index (κ1) is 23.5. The zero-order valence-corrected chi connectivity index (χ0v) is 22.1. The first-order chi connectivity index (χ1) is 19.0. The molecule has 0 bridgehead atoms. The lowest BCUT2D eigenvalue weighted by Gasteiger charge is -2.19. The van der Waals surface area contributed by atoms with Crippen LogP contribution in [0.15, 0.2) is 54.9 Å². The molecule has 0 radical (unpaired) electrons. The molecular weight excluding hydrogens is 510 g/mol. The van der Waals surface area contributed by atoms with E-state index in [0.29, 0.717) is 34.2 Å². The molecular formula is C28H25N9OS. The van der Waals surface area contributed by atoms with Gasteiger partial charge in [0.1, 0.15) is 23.7 Å². The van der Waals surface area contributed by atoms with E-state index < -0.39 is 0 Å². The van der Waals surface area contributed by atoms with E-state index in [9.17, 15) is 4.79 Å². The van der Waals surface area contributed by atoms with E-state index in [2.05, 4.69) is 43.4 Å². The normalized spacial score (nSPS) is 13.6. The number of rotatable bonds is 5. The average Bonchev–Trinajstić information content (AvgIpc) is 3.67. The van der Waals surface area contributed by atoms with E-state index in [1.807, 2.05) is 35.0 Å². The maximum absolute atomic E-state index is 11.5. The van der Waals surface area contributed by atoms with E-state index in [1.165, 1.54) is 37.4 Å². The Hall–Kier alpha value is -4.64. The molecule has 6 aromatic rings. The highest BCUT2D eigenvalue weighted by atomic mass is 32.1. The molecule has 11 heteroatoms. The number of amides is 1. The summed E-state index contributed by atoms with van der Waals surface area (Å²) in [5, 5.41) is 10.1. The molecule has 0 spiro atoms. The van der Waals surface area contributed by atoms with Crippen LogP contribution >= 0.6 is 11.3 Å². The number of hydrogen-bond acceptors (Lipinski definition) is 9. The third-order valence-corrected chi connectivity index (χ3v) is 7.98. The van der Waals surface area contributed by atoms with Gasteiger partial charge in [-0.15, -0.1) is 0 Å². The number of fused-ring (bicyclic) bond motifs is 3. The molecule has 1 aliphatic heterocycles. The highest BCUT2D eigenvalue weighted by molar-refractivity contribution is 7.22. The number of para-hydroxylation sites is 1. The molecule has 10 nitrogen and oxygen atoms in total. The molecule has 0 aliphatic carbocycles. The molecule has 0 unspecified atom stereocenters. The van der Waals surface area contributed by atoms with Crippen molar-refractivity contribution < 1.29 is 4.79 Å². The van der Waals surface area contributed by atoms with Crippen LogP contribution in [0.1, 0.15) is 25.3 Å². The molecule has 4 aromatic heterocycles. The number of benzene rings is 2. The predicted molar refractivity (Wildman–Crippen MR) is 155 cm³/mol. The highest BCUT2D eigenvalue weighted by Gasteiger charge is 2.20. The van der Waals surface area contributed by atoms with Gasteiger partial charge in [0.25, 0.3) is 0 Å². The topological polar surface area (TPSA) is 128 Å². The molecule has 0 atom stereocenters. The smallest absolute Gasteiger partial charge is 0.223 e. The van der Waals surface area contributed by atoms with Gasteiger partial charge in [-0.2, -0.15) is 5.10 Å². The summed E-state index contributed by atoms with van der Waals surface area (Å²) >= 11 is 1.42. The number of aromatic nitrogens is 6. The number of pyridine rings is 1. The van der Waals surface area contributed by atoms with Gasteiger partial charge in [0.05, 0.1) is 27.7 Å². The highest BCUT2D eigenvalue weighted by Crippen LogP contribution is 2.35. The Balaban J connectivity index is 1.35. The summed E-state index contributed by atoms with van der Waals surface area (Å²) in [6, 6.07) is 16.3. The summed E-state index contributed by atoms with van der Waals surface area (Å²) in [5.41, 5.74) is 11.5. The van der Waals surface area contributed by atoms with Gasteiger partial charge in [-0.05, 0) is 42.7 Å². The molecule has 7 rings (SSSR count). The van der Waals surface area contributed by atoms with Crippen molar-refractivity contribution >= 4 is 66.2 Å².